The topological polar surface area (TPSA) is 54.2 Å². The lowest BCUT2D eigenvalue weighted by molar-refractivity contribution is -0.0591. The van der Waals surface area contributed by atoms with Gasteiger partial charge in [0.2, 0.25) is 0 Å². The van der Waals surface area contributed by atoms with Crippen LogP contribution in [0.2, 0.25) is 0 Å². The molecule has 0 aliphatic carbocycles. The van der Waals surface area contributed by atoms with Gasteiger partial charge in [-0.1, -0.05) is 42.5 Å². The fourth-order valence-electron chi connectivity index (χ4n) is 3.97. The molecule has 1 heterocycles. The van der Waals surface area contributed by atoms with E-state index < -0.39 is 23.3 Å². The van der Waals surface area contributed by atoms with Gasteiger partial charge in [-0.05, 0) is 42.4 Å². The van der Waals surface area contributed by atoms with Crippen molar-refractivity contribution >= 4 is 10.8 Å². The zero-order valence-corrected chi connectivity index (χ0v) is 17.4. The second-order valence-corrected chi connectivity index (χ2v) is 7.91. The molecule has 0 aliphatic heterocycles. The van der Waals surface area contributed by atoms with Gasteiger partial charge in [0.25, 0.3) is 0 Å². The van der Waals surface area contributed by atoms with Gasteiger partial charge in [-0.3, -0.25) is 4.90 Å². The second kappa shape index (κ2) is 8.53. The highest BCUT2D eigenvalue weighted by molar-refractivity contribution is 5.82. The summed E-state index contributed by atoms with van der Waals surface area (Å²) < 4.78 is 29.7. The van der Waals surface area contributed by atoms with Crippen LogP contribution < -0.4 is 0 Å². The lowest BCUT2D eigenvalue weighted by Crippen LogP contribution is -2.50. The van der Waals surface area contributed by atoms with E-state index >= 15 is 0 Å². The average Bonchev–Trinajstić information content (AvgIpc) is 3.25. The van der Waals surface area contributed by atoms with Gasteiger partial charge in [-0.25, -0.2) is 18.4 Å². The molecule has 1 N–H and O–H groups in total. The van der Waals surface area contributed by atoms with E-state index in [0.717, 1.165) is 28.5 Å². The molecule has 5 nitrogen and oxygen atoms in total. The zero-order valence-electron chi connectivity index (χ0n) is 17.4. The van der Waals surface area contributed by atoms with E-state index in [-0.39, 0.29) is 12.1 Å². The van der Waals surface area contributed by atoms with Crippen molar-refractivity contribution in [2.24, 2.45) is 0 Å². The van der Waals surface area contributed by atoms with Crippen molar-refractivity contribution in [3.63, 3.8) is 0 Å². The van der Waals surface area contributed by atoms with E-state index in [1.54, 1.807) is 0 Å². The summed E-state index contributed by atoms with van der Waals surface area (Å²) in [5.74, 6) is -1.49. The first-order valence-electron chi connectivity index (χ1n) is 10.0. The molecule has 160 valence electrons. The van der Waals surface area contributed by atoms with Gasteiger partial charge in [-0.15, -0.1) is 0 Å². The molecular formula is C24H24F2N4O. The molecule has 31 heavy (non-hydrogen) atoms. The van der Waals surface area contributed by atoms with Crippen LogP contribution in [0.1, 0.15) is 18.1 Å². The molecule has 0 saturated heterocycles. The van der Waals surface area contributed by atoms with Crippen LogP contribution in [-0.4, -0.2) is 37.9 Å². The first kappa shape index (κ1) is 21.1. The van der Waals surface area contributed by atoms with Crippen LogP contribution in [0.25, 0.3) is 10.8 Å². The largest absolute Gasteiger partial charge is 0.381 e. The summed E-state index contributed by atoms with van der Waals surface area (Å²) in [4.78, 5) is 5.86. The van der Waals surface area contributed by atoms with Crippen molar-refractivity contribution in [2.45, 2.75) is 31.7 Å². The molecular weight excluding hydrogens is 398 g/mol. The van der Waals surface area contributed by atoms with Gasteiger partial charge < -0.3 is 5.11 Å². The Morgan fingerprint density at radius 1 is 1.06 bits per heavy atom. The Balaban J connectivity index is 1.66. The first-order chi connectivity index (χ1) is 14.9. The number of halogens is 2. The third-order valence-electron chi connectivity index (χ3n) is 5.87. The van der Waals surface area contributed by atoms with Gasteiger partial charge in [0.15, 0.2) is 0 Å². The van der Waals surface area contributed by atoms with Crippen LogP contribution in [0.5, 0.6) is 0 Å². The fourth-order valence-corrected chi connectivity index (χ4v) is 3.97. The summed E-state index contributed by atoms with van der Waals surface area (Å²) in [7, 11) is 1.87. The molecule has 0 aliphatic rings. The number of likely N-dealkylation sites (N-methyl/N-ethyl adjacent to an activating group) is 1. The van der Waals surface area contributed by atoms with E-state index in [2.05, 4.69) is 34.3 Å². The molecule has 0 fully saturated rings. The van der Waals surface area contributed by atoms with Crippen molar-refractivity contribution in [3.05, 3.63) is 96.1 Å². The summed E-state index contributed by atoms with van der Waals surface area (Å²) >= 11 is 0. The molecule has 0 saturated carbocycles. The molecule has 1 aromatic heterocycles. The molecule has 3 aromatic carbocycles. The zero-order chi connectivity index (χ0) is 22.0. The average molecular weight is 422 g/mol. The van der Waals surface area contributed by atoms with E-state index in [4.69, 9.17) is 0 Å². The summed E-state index contributed by atoms with van der Waals surface area (Å²) in [6.07, 6.45) is 2.81. The van der Waals surface area contributed by atoms with E-state index in [1.807, 2.05) is 37.1 Å². The normalized spacial score (nSPS) is 14.6. The Hall–Kier alpha value is -3.16. The number of nitrogens with zero attached hydrogens (tertiary/aromatic N) is 4. The van der Waals surface area contributed by atoms with Gasteiger partial charge in [0.1, 0.15) is 29.9 Å². The maximum atomic E-state index is 14.7. The molecule has 0 spiro atoms. The Bertz CT molecular complexity index is 1180. The van der Waals surface area contributed by atoms with Crippen LogP contribution in [0.3, 0.4) is 0 Å². The maximum absolute atomic E-state index is 14.7. The summed E-state index contributed by atoms with van der Waals surface area (Å²) in [6.45, 7) is 2.33. The monoisotopic (exact) mass is 422 g/mol. The van der Waals surface area contributed by atoms with Crippen molar-refractivity contribution in [2.75, 3.05) is 7.05 Å². The van der Waals surface area contributed by atoms with Crippen molar-refractivity contribution in [1.82, 2.24) is 19.7 Å². The van der Waals surface area contributed by atoms with Crippen molar-refractivity contribution in [1.29, 1.82) is 0 Å². The highest BCUT2D eigenvalue weighted by Crippen LogP contribution is 2.33. The second-order valence-electron chi connectivity index (χ2n) is 7.91. The van der Waals surface area contributed by atoms with Crippen LogP contribution in [0, 0.1) is 11.6 Å². The van der Waals surface area contributed by atoms with Crippen molar-refractivity contribution < 1.29 is 13.9 Å². The number of benzene rings is 3. The molecule has 0 unspecified atom stereocenters. The van der Waals surface area contributed by atoms with Crippen LogP contribution in [0.4, 0.5) is 8.78 Å². The van der Waals surface area contributed by atoms with E-state index in [9.17, 15) is 13.9 Å². The third-order valence-corrected chi connectivity index (χ3v) is 5.87. The highest BCUT2D eigenvalue weighted by atomic mass is 19.1. The smallest absolute Gasteiger partial charge is 0.137 e. The van der Waals surface area contributed by atoms with Crippen LogP contribution >= 0.6 is 0 Å². The number of rotatable bonds is 7. The standard InChI is InChI=1S/C24H24F2N4O/c1-17(29(2)13-18-7-8-19-5-3-4-6-20(19)11-18)24(31,14-30-16-27-15-28-30)22-10-9-21(25)12-23(22)26/h3-12,15-17,31H,13-14H2,1-2H3/t17-,24-/m1/s1. The Morgan fingerprint density at radius 3 is 2.55 bits per heavy atom. The molecule has 7 heteroatoms. The van der Waals surface area contributed by atoms with Gasteiger partial charge in [0, 0.05) is 24.2 Å². The minimum atomic E-state index is -1.67. The quantitative estimate of drug-likeness (QED) is 0.487. The number of hydrogen-bond donors (Lipinski definition) is 1. The number of aromatic nitrogens is 3. The van der Waals surface area contributed by atoms with Gasteiger partial charge in [-0.2, -0.15) is 5.10 Å². The SMILES string of the molecule is C[C@@H](N(C)Cc1ccc2ccccc2c1)[C@](O)(Cn1cncn1)c1ccc(F)cc1F. The molecule has 0 bridgehead atoms. The van der Waals surface area contributed by atoms with Crippen LogP contribution in [0.15, 0.2) is 73.3 Å². The minimum absolute atomic E-state index is 0.0160. The van der Waals surface area contributed by atoms with Crippen molar-refractivity contribution in [3.8, 4) is 0 Å². The molecule has 2 atom stereocenters. The fraction of sp³-hybridized carbons (Fsp3) is 0.250. The first-order valence-corrected chi connectivity index (χ1v) is 10.0. The van der Waals surface area contributed by atoms with E-state index in [0.29, 0.717) is 6.54 Å². The maximum Gasteiger partial charge on any atom is 0.137 e. The number of aliphatic hydroxyl groups is 1. The van der Waals surface area contributed by atoms with Gasteiger partial charge in [0.05, 0.1) is 6.54 Å². The predicted octanol–water partition coefficient (Wildman–Crippen LogP) is 4.12. The minimum Gasteiger partial charge on any atom is -0.381 e. The third kappa shape index (κ3) is 4.33. The van der Waals surface area contributed by atoms with Gasteiger partial charge >= 0.3 is 0 Å². The Labute approximate surface area is 179 Å². The summed E-state index contributed by atoms with van der Waals surface area (Å²) in [5.41, 5.74) is -0.588. The lowest BCUT2D eigenvalue weighted by atomic mass is 9.85. The number of fused-ring (bicyclic) bond motifs is 1. The molecule has 0 radical (unpaired) electrons. The molecule has 4 rings (SSSR count). The molecule has 0 amide bonds. The predicted molar refractivity (Wildman–Crippen MR) is 115 cm³/mol. The summed E-state index contributed by atoms with van der Waals surface area (Å²) in [6, 6.07) is 17.0. The highest BCUT2D eigenvalue weighted by Gasteiger charge is 2.41. The Kier molecular flexibility index (Phi) is 5.80. The van der Waals surface area contributed by atoms with Crippen LogP contribution in [-0.2, 0) is 18.7 Å². The summed E-state index contributed by atoms with van der Waals surface area (Å²) in [5, 5.41) is 18.1. The number of hydrogen-bond acceptors (Lipinski definition) is 4. The Morgan fingerprint density at radius 2 is 1.84 bits per heavy atom. The molecule has 4 aromatic rings. The lowest BCUT2D eigenvalue weighted by Gasteiger charge is -2.40. The van der Waals surface area contributed by atoms with E-state index in [1.165, 1.54) is 23.4 Å².